The first-order valence-electron chi connectivity index (χ1n) is 5.20. The smallest absolute Gasteiger partial charge is 0.141 e. The van der Waals surface area contributed by atoms with Crippen molar-refractivity contribution in [1.82, 2.24) is 0 Å². The molecule has 2 rings (SSSR count). The Morgan fingerprint density at radius 1 is 1.16 bits per heavy atom. The van der Waals surface area contributed by atoms with Crippen molar-refractivity contribution in [3.05, 3.63) is 56.5 Å². The van der Waals surface area contributed by atoms with Crippen molar-refractivity contribution in [2.24, 2.45) is 5.73 Å². The molecule has 2 nitrogen and oxygen atoms in total. The van der Waals surface area contributed by atoms with Gasteiger partial charge in [0.15, 0.2) is 0 Å². The van der Waals surface area contributed by atoms with E-state index in [1.165, 1.54) is 0 Å². The van der Waals surface area contributed by atoms with Gasteiger partial charge in [0.2, 0.25) is 0 Å². The van der Waals surface area contributed by atoms with Gasteiger partial charge in [0, 0.05) is 5.02 Å². The highest BCUT2D eigenvalue weighted by atomic mass is 79.9. The average molecular weight is 377 g/mol. The van der Waals surface area contributed by atoms with Crippen LogP contribution in [-0.2, 0) is 0 Å². The van der Waals surface area contributed by atoms with Crippen molar-refractivity contribution in [3.8, 4) is 11.5 Å². The molecule has 0 spiro atoms. The van der Waals surface area contributed by atoms with E-state index in [1.807, 2.05) is 0 Å². The van der Waals surface area contributed by atoms with E-state index in [0.29, 0.717) is 27.1 Å². The third kappa shape index (κ3) is 3.39. The second-order valence-electron chi connectivity index (χ2n) is 3.65. The summed E-state index contributed by atoms with van der Waals surface area (Å²) in [6.07, 6.45) is 0. The van der Waals surface area contributed by atoms with Gasteiger partial charge < -0.3 is 10.5 Å². The van der Waals surface area contributed by atoms with Gasteiger partial charge in [-0.1, -0.05) is 41.5 Å². The van der Waals surface area contributed by atoms with Crippen LogP contribution in [0.1, 0.15) is 5.56 Å². The highest BCUT2D eigenvalue weighted by molar-refractivity contribution is 9.10. The van der Waals surface area contributed by atoms with E-state index in [2.05, 4.69) is 15.9 Å². The summed E-state index contributed by atoms with van der Waals surface area (Å²) in [5.41, 5.74) is 6.18. The molecular weight excluding hydrogens is 369 g/mol. The minimum absolute atomic E-state index is 0.186. The lowest BCUT2D eigenvalue weighted by atomic mass is 10.2. The first kappa shape index (κ1) is 14.6. The number of nitrogens with two attached hydrogens (primary N) is 1. The molecule has 0 aliphatic rings. The maximum Gasteiger partial charge on any atom is 0.141 e. The summed E-state index contributed by atoms with van der Waals surface area (Å²) in [7, 11) is 0. The molecule has 0 unspecified atom stereocenters. The summed E-state index contributed by atoms with van der Waals surface area (Å²) in [5.74, 6) is 1.10. The standard InChI is InChI=1S/C13H8BrCl2NOS/c14-8-6-7(15)4-5-10(8)18-11-3-1-2-9(16)12(11)13(17)19/h1-6H,(H2,17,19). The first-order chi connectivity index (χ1) is 8.99. The molecule has 0 amide bonds. The first-order valence-corrected chi connectivity index (χ1v) is 7.16. The number of hydrogen-bond acceptors (Lipinski definition) is 2. The monoisotopic (exact) mass is 375 g/mol. The molecule has 19 heavy (non-hydrogen) atoms. The fraction of sp³-hybridized carbons (Fsp3) is 0. The minimum atomic E-state index is 0.186. The average Bonchev–Trinajstić information content (AvgIpc) is 2.32. The van der Waals surface area contributed by atoms with Crippen molar-refractivity contribution in [2.45, 2.75) is 0 Å². The van der Waals surface area contributed by atoms with Crippen LogP contribution in [-0.4, -0.2) is 4.99 Å². The van der Waals surface area contributed by atoms with Gasteiger partial charge in [0.05, 0.1) is 15.1 Å². The molecular formula is C13H8BrCl2NOS. The van der Waals surface area contributed by atoms with Crippen molar-refractivity contribution in [1.29, 1.82) is 0 Å². The number of halogens is 3. The van der Waals surface area contributed by atoms with Gasteiger partial charge in [-0.2, -0.15) is 0 Å². The predicted octanol–water partition coefficient (Wildman–Crippen LogP) is 5.18. The summed E-state index contributed by atoms with van der Waals surface area (Å²) in [4.78, 5) is 0.186. The Balaban J connectivity index is 2.44. The molecule has 0 aliphatic heterocycles. The van der Waals surface area contributed by atoms with Gasteiger partial charge >= 0.3 is 0 Å². The molecule has 2 N–H and O–H groups in total. The zero-order valence-electron chi connectivity index (χ0n) is 9.49. The number of hydrogen-bond donors (Lipinski definition) is 1. The Labute approximate surface area is 134 Å². The van der Waals surface area contributed by atoms with Crippen LogP contribution < -0.4 is 10.5 Å². The lowest BCUT2D eigenvalue weighted by Crippen LogP contribution is -2.11. The van der Waals surface area contributed by atoms with E-state index in [9.17, 15) is 0 Å². The number of thiocarbonyl (C=S) groups is 1. The van der Waals surface area contributed by atoms with E-state index in [0.717, 1.165) is 4.47 Å². The van der Waals surface area contributed by atoms with Crippen LogP contribution in [0.15, 0.2) is 40.9 Å². The Morgan fingerprint density at radius 3 is 2.53 bits per heavy atom. The van der Waals surface area contributed by atoms with Gasteiger partial charge in [0.25, 0.3) is 0 Å². The third-order valence-corrected chi connectivity index (χ3v) is 3.71. The molecule has 0 bridgehead atoms. The maximum absolute atomic E-state index is 6.08. The van der Waals surface area contributed by atoms with Crippen molar-refractivity contribution in [3.63, 3.8) is 0 Å². The van der Waals surface area contributed by atoms with Crippen LogP contribution in [0.5, 0.6) is 11.5 Å². The summed E-state index contributed by atoms with van der Waals surface area (Å²) >= 11 is 20.3. The quantitative estimate of drug-likeness (QED) is 0.749. The van der Waals surface area contributed by atoms with Gasteiger partial charge in [-0.25, -0.2) is 0 Å². The molecule has 0 heterocycles. The fourth-order valence-corrected chi connectivity index (χ4v) is 2.80. The number of rotatable bonds is 3. The summed E-state index contributed by atoms with van der Waals surface area (Å²) in [6, 6.07) is 10.4. The zero-order valence-corrected chi connectivity index (χ0v) is 13.4. The fourth-order valence-electron chi connectivity index (χ4n) is 1.50. The molecule has 0 saturated heterocycles. The van der Waals surface area contributed by atoms with Crippen LogP contribution in [0.2, 0.25) is 10.0 Å². The number of ether oxygens (including phenoxy) is 1. The summed E-state index contributed by atoms with van der Waals surface area (Å²) in [6.45, 7) is 0. The third-order valence-electron chi connectivity index (χ3n) is 2.34. The Bertz CT molecular complexity index is 649. The van der Waals surface area contributed by atoms with Gasteiger partial charge in [-0.15, -0.1) is 0 Å². The summed E-state index contributed by atoms with van der Waals surface area (Å²) < 4.78 is 6.51. The maximum atomic E-state index is 6.08. The highest BCUT2D eigenvalue weighted by Crippen LogP contribution is 2.35. The van der Waals surface area contributed by atoms with Crippen molar-refractivity contribution in [2.75, 3.05) is 0 Å². The Kier molecular flexibility index (Phi) is 4.68. The Morgan fingerprint density at radius 2 is 1.89 bits per heavy atom. The Hall–Kier alpha value is -0.810. The van der Waals surface area contributed by atoms with Crippen LogP contribution in [0.25, 0.3) is 0 Å². The van der Waals surface area contributed by atoms with E-state index >= 15 is 0 Å². The van der Waals surface area contributed by atoms with E-state index in [-0.39, 0.29) is 4.99 Å². The predicted molar refractivity (Wildman–Crippen MR) is 86.6 cm³/mol. The van der Waals surface area contributed by atoms with Crippen molar-refractivity contribution < 1.29 is 4.74 Å². The van der Waals surface area contributed by atoms with Gasteiger partial charge in [-0.05, 0) is 46.3 Å². The van der Waals surface area contributed by atoms with Gasteiger partial charge in [0.1, 0.15) is 16.5 Å². The SMILES string of the molecule is NC(=S)c1c(Cl)cccc1Oc1ccc(Cl)cc1Br. The molecule has 98 valence electrons. The van der Waals surface area contributed by atoms with E-state index < -0.39 is 0 Å². The molecule has 0 aromatic heterocycles. The van der Waals surface area contributed by atoms with E-state index in [4.69, 9.17) is 45.9 Å². The summed E-state index contributed by atoms with van der Waals surface area (Å²) in [5, 5.41) is 1.06. The lowest BCUT2D eigenvalue weighted by molar-refractivity contribution is 0.479. The molecule has 0 fully saturated rings. The normalized spacial score (nSPS) is 10.3. The van der Waals surface area contributed by atoms with Gasteiger partial charge in [-0.3, -0.25) is 0 Å². The zero-order chi connectivity index (χ0) is 14.0. The van der Waals surface area contributed by atoms with Crippen molar-refractivity contribution >= 4 is 56.3 Å². The second-order valence-corrected chi connectivity index (χ2v) is 5.79. The molecule has 2 aromatic carbocycles. The molecule has 0 atom stereocenters. The topological polar surface area (TPSA) is 35.2 Å². The molecule has 0 aliphatic carbocycles. The molecule has 2 aromatic rings. The molecule has 0 saturated carbocycles. The van der Waals surface area contributed by atoms with Crippen LogP contribution in [0.3, 0.4) is 0 Å². The van der Waals surface area contributed by atoms with Crippen LogP contribution in [0, 0.1) is 0 Å². The minimum Gasteiger partial charge on any atom is -0.455 e. The van der Waals surface area contributed by atoms with Crippen LogP contribution >= 0.6 is 51.3 Å². The molecule has 0 radical (unpaired) electrons. The lowest BCUT2D eigenvalue weighted by Gasteiger charge is -2.12. The van der Waals surface area contributed by atoms with Crippen LogP contribution in [0.4, 0.5) is 0 Å². The van der Waals surface area contributed by atoms with E-state index in [1.54, 1.807) is 36.4 Å². The second kappa shape index (κ2) is 6.09. The number of benzene rings is 2. The largest absolute Gasteiger partial charge is 0.455 e. The highest BCUT2D eigenvalue weighted by Gasteiger charge is 2.13. The molecule has 6 heteroatoms.